The maximum atomic E-state index is 10.0. The summed E-state index contributed by atoms with van der Waals surface area (Å²) in [4.78, 5) is 20.1. The minimum absolute atomic E-state index is 0. The molecule has 8 heavy (non-hydrogen) atoms. The molecule has 2 nitrogen and oxygen atoms in total. The van der Waals surface area contributed by atoms with Gasteiger partial charge in [0.25, 0.3) is 0 Å². The number of halogens is 1. The second-order valence-electron chi connectivity index (χ2n) is 1.58. The molecular weight excluding hydrogens is 111 g/mol. The van der Waals surface area contributed by atoms with Crippen molar-refractivity contribution >= 4 is 11.6 Å². The normalized spacial score (nSPS) is 7.25. The Hall–Kier alpha value is -0.730. The summed E-state index contributed by atoms with van der Waals surface area (Å²) in [7, 11) is 0. The van der Waals surface area contributed by atoms with Gasteiger partial charge < -0.3 is 0 Å². The molecule has 0 fully saturated rings. The zero-order valence-corrected chi connectivity index (χ0v) is 4.93. The highest BCUT2D eigenvalue weighted by atomic mass is 19.0. The van der Waals surface area contributed by atoms with Gasteiger partial charge in [-0.15, -0.1) is 0 Å². The van der Waals surface area contributed by atoms with Crippen molar-refractivity contribution in [2.24, 2.45) is 0 Å². The Morgan fingerprint density at radius 2 is 1.38 bits per heavy atom. The van der Waals surface area contributed by atoms with E-state index in [0.717, 1.165) is 0 Å². The van der Waals surface area contributed by atoms with Crippen LogP contribution >= 0.6 is 0 Å². The summed E-state index contributed by atoms with van der Waals surface area (Å²) in [5.74, 6) is -0.125. The molecular formula is C5H9FO2. The molecule has 0 amide bonds. The molecule has 0 heterocycles. The van der Waals surface area contributed by atoms with Gasteiger partial charge in [0.1, 0.15) is 11.6 Å². The van der Waals surface area contributed by atoms with E-state index < -0.39 is 0 Å². The standard InChI is InChI=1S/C5H8O2.FH/c1-4(6)3-5(2)7;/h3H2,1-2H3;1H. The lowest BCUT2D eigenvalue weighted by Gasteiger charge is -1.81. The molecule has 0 saturated carbocycles. The summed E-state index contributed by atoms with van der Waals surface area (Å²) < 4.78 is 0. The first-order valence-corrected chi connectivity index (χ1v) is 2.12. The second kappa shape index (κ2) is 4.43. The molecule has 0 bridgehead atoms. The van der Waals surface area contributed by atoms with Crippen LogP contribution in [-0.4, -0.2) is 11.6 Å². The number of ketones is 2. The summed E-state index contributed by atoms with van der Waals surface area (Å²) >= 11 is 0. The van der Waals surface area contributed by atoms with E-state index in [1.165, 1.54) is 13.8 Å². The number of Topliss-reactive ketones (excluding diaryl/α,β-unsaturated/α-hetero) is 2. The topological polar surface area (TPSA) is 34.1 Å². The Balaban J connectivity index is 0. The first-order chi connectivity index (χ1) is 3.13. The first-order valence-electron chi connectivity index (χ1n) is 2.12. The maximum absolute atomic E-state index is 10.0. The largest absolute Gasteiger partial charge is 0.300 e. The first kappa shape index (κ1) is 10.3. The van der Waals surface area contributed by atoms with Crippen molar-refractivity contribution < 1.29 is 14.3 Å². The van der Waals surface area contributed by atoms with E-state index in [2.05, 4.69) is 0 Å². The lowest BCUT2D eigenvalue weighted by molar-refractivity contribution is -0.124. The van der Waals surface area contributed by atoms with Crippen LogP contribution in [0.25, 0.3) is 0 Å². The van der Waals surface area contributed by atoms with E-state index in [4.69, 9.17) is 0 Å². The number of hydrogen-bond acceptors (Lipinski definition) is 2. The molecule has 0 spiro atoms. The van der Waals surface area contributed by atoms with Crippen molar-refractivity contribution in [2.75, 3.05) is 0 Å². The molecule has 0 N–H and O–H groups in total. The third-order valence-corrected chi connectivity index (χ3v) is 0.498. The van der Waals surface area contributed by atoms with E-state index in [1.807, 2.05) is 0 Å². The quantitative estimate of drug-likeness (QED) is 0.503. The fourth-order valence-electron chi connectivity index (χ4n) is 0.351. The third kappa shape index (κ3) is 8.99. The molecule has 3 heteroatoms. The fourth-order valence-corrected chi connectivity index (χ4v) is 0.351. The lowest BCUT2D eigenvalue weighted by atomic mass is 10.2. The van der Waals surface area contributed by atoms with Crippen LogP contribution in [0.4, 0.5) is 4.70 Å². The van der Waals surface area contributed by atoms with Gasteiger partial charge in [0, 0.05) is 0 Å². The summed E-state index contributed by atoms with van der Waals surface area (Å²) in [5.41, 5.74) is 0. The number of hydrogen-bond donors (Lipinski definition) is 0. The summed E-state index contributed by atoms with van der Waals surface area (Å²) in [5, 5.41) is 0. The lowest BCUT2D eigenvalue weighted by Crippen LogP contribution is -1.97. The maximum Gasteiger partial charge on any atom is 0.137 e. The second-order valence-corrected chi connectivity index (χ2v) is 1.58. The third-order valence-electron chi connectivity index (χ3n) is 0.498. The van der Waals surface area contributed by atoms with E-state index >= 15 is 0 Å². The Labute approximate surface area is 47.3 Å². The number of carbonyl (C=O) groups excluding carboxylic acids is 2. The molecule has 0 aliphatic rings. The van der Waals surface area contributed by atoms with E-state index in [9.17, 15) is 9.59 Å². The molecule has 0 radical (unpaired) electrons. The van der Waals surface area contributed by atoms with Gasteiger partial charge in [-0.3, -0.25) is 14.3 Å². The van der Waals surface area contributed by atoms with Crippen LogP contribution in [0.5, 0.6) is 0 Å². The van der Waals surface area contributed by atoms with Crippen molar-refractivity contribution in [3.63, 3.8) is 0 Å². The summed E-state index contributed by atoms with van der Waals surface area (Å²) in [6.07, 6.45) is 0.0833. The molecule has 0 aromatic heterocycles. The van der Waals surface area contributed by atoms with E-state index in [-0.39, 0.29) is 22.7 Å². The molecule has 0 aliphatic heterocycles. The van der Waals surface area contributed by atoms with Gasteiger partial charge in [0.05, 0.1) is 6.42 Å². The predicted molar refractivity (Wildman–Crippen MR) is 28.5 cm³/mol. The van der Waals surface area contributed by atoms with Crippen molar-refractivity contribution in [3.05, 3.63) is 0 Å². The van der Waals surface area contributed by atoms with Gasteiger partial charge in [-0.05, 0) is 13.8 Å². The zero-order valence-electron chi connectivity index (χ0n) is 4.93. The SMILES string of the molecule is CC(=O)CC(C)=O.F. The van der Waals surface area contributed by atoms with Crippen LogP contribution in [0.15, 0.2) is 0 Å². The van der Waals surface area contributed by atoms with Crippen LogP contribution in [0.1, 0.15) is 20.3 Å². The molecule has 0 saturated heterocycles. The Kier molecular flexibility index (Phi) is 5.70. The monoisotopic (exact) mass is 120 g/mol. The van der Waals surface area contributed by atoms with E-state index in [0.29, 0.717) is 0 Å². The van der Waals surface area contributed by atoms with Crippen LogP contribution in [0.2, 0.25) is 0 Å². The Bertz CT molecular complexity index is 86.6. The Morgan fingerprint density at radius 1 is 1.12 bits per heavy atom. The van der Waals surface area contributed by atoms with Gasteiger partial charge in [0.15, 0.2) is 0 Å². The highest BCUT2D eigenvalue weighted by Crippen LogP contribution is 1.80. The van der Waals surface area contributed by atoms with E-state index in [1.54, 1.807) is 0 Å². The van der Waals surface area contributed by atoms with Crippen molar-refractivity contribution in [1.82, 2.24) is 0 Å². The van der Waals surface area contributed by atoms with Gasteiger partial charge in [-0.25, -0.2) is 0 Å². The fraction of sp³-hybridized carbons (Fsp3) is 0.600. The van der Waals surface area contributed by atoms with Crippen LogP contribution < -0.4 is 0 Å². The van der Waals surface area contributed by atoms with Crippen LogP contribution in [-0.2, 0) is 9.59 Å². The van der Waals surface area contributed by atoms with Gasteiger partial charge in [-0.2, -0.15) is 0 Å². The molecule has 0 aromatic carbocycles. The Morgan fingerprint density at radius 3 is 1.38 bits per heavy atom. The predicted octanol–water partition coefficient (Wildman–Crippen LogP) is 0.707. The summed E-state index contributed by atoms with van der Waals surface area (Å²) in [6, 6.07) is 0. The molecule has 0 atom stereocenters. The number of carbonyl (C=O) groups is 2. The van der Waals surface area contributed by atoms with Crippen molar-refractivity contribution in [1.29, 1.82) is 0 Å². The van der Waals surface area contributed by atoms with Gasteiger partial charge >= 0.3 is 0 Å². The summed E-state index contributed by atoms with van der Waals surface area (Å²) in [6.45, 7) is 2.81. The smallest absolute Gasteiger partial charge is 0.137 e. The zero-order chi connectivity index (χ0) is 5.86. The van der Waals surface area contributed by atoms with Gasteiger partial charge in [-0.1, -0.05) is 0 Å². The van der Waals surface area contributed by atoms with Crippen molar-refractivity contribution in [2.45, 2.75) is 20.3 Å². The van der Waals surface area contributed by atoms with Gasteiger partial charge in [0.2, 0.25) is 0 Å². The van der Waals surface area contributed by atoms with Crippen LogP contribution in [0, 0.1) is 0 Å². The molecule has 0 unspecified atom stereocenters. The number of rotatable bonds is 2. The highest BCUT2D eigenvalue weighted by Gasteiger charge is 1.94. The minimum Gasteiger partial charge on any atom is -0.300 e. The van der Waals surface area contributed by atoms with Crippen LogP contribution in [0.3, 0.4) is 0 Å². The molecule has 0 rings (SSSR count). The van der Waals surface area contributed by atoms with Crippen molar-refractivity contribution in [3.8, 4) is 0 Å². The minimum atomic E-state index is -0.0625. The average Bonchev–Trinajstić information content (AvgIpc) is 1.27. The molecule has 0 aliphatic carbocycles. The molecule has 0 aromatic rings. The highest BCUT2D eigenvalue weighted by molar-refractivity contribution is 5.96. The average molecular weight is 120 g/mol. The molecule has 48 valence electrons.